The van der Waals surface area contributed by atoms with E-state index in [1.165, 1.54) is 13.1 Å². The summed E-state index contributed by atoms with van der Waals surface area (Å²) in [7, 11) is 0. The van der Waals surface area contributed by atoms with Crippen molar-refractivity contribution in [3.63, 3.8) is 0 Å². The van der Waals surface area contributed by atoms with Crippen LogP contribution in [0, 0.1) is 10.8 Å². The minimum Gasteiger partial charge on any atom is -0.299 e. The highest BCUT2D eigenvalue weighted by Gasteiger charge is 2.57. The van der Waals surface area contributed by atoms with Crippen molar-refractivity contribution in [2.45, 2.75) is 59.5 Å². The van der Waals surface area contributed by atoms with Crippen molar-refractivity contribution in [1.82, 2.24) is 20.4 Å². The monoisotopic (exact) mass is 266 g/mol. The molecule has 3 aliphatic heterocycles. The third-order valence-corrected chi connectivity index (χ3v) is 5.15. The van der Waals surface area contributed by atoms with Crippen LogP contribution in [0.15, 0.2) is 0 Å². The molecule has 0 spiro atoms. The van der Waals surface area contributed by atoms with Gasteiger partial charge < -0.3 is 0 Å². The summed E-state index contributed by atoms with van der Waals surface area (Å²) in [5.74, 6) is 0. The fraction of sp³-hybridized carbons (Fsp3) is 1.00. The Kier molecular flexibility index (Phi) is 2.86. The third kappa shape index (κ3) is 2.13. The van der Waals surface area contributed by atoms with Gasteiger partial charge in [0.1, 0.15) is 0 Å². The smallest absolute Gasteiger partial charge is 0.0909 e. The van der Waals surface area contributed by atoms with Crippen molar-refractivity contribution in [2.75, 3.05) is 26.2 Å². The average molecular weight is 266 g/mol. The zero-order valence-corrected chi connectivity index (χ0v) is 13.4. The lowest BCUT2D eigenvalue weighted by atomic mass is 9.89. The first kappa shape index (κ1) is 13.8. The Balaban J connectivity index is 1.90. The quantitative estimate of drug-likeness (QED) is 0.691. The van der Waals surface area contributed by atoms with Gasteiger partial charge in [-0.2, -0.15) is 0 Å². The number of fused-ring (bicyclic) bond motifs is 3. The van der Waals surface area contributed by atoms with Crippen molar-refractivity contribution in [3.8, 4) is 0 Å². The summed E-state index contributed by atoms with van der Waals surface area (Å²) >= 11 is 0. The van der Waals surface area contributed by atoms with E-state index in [9.17, 15) is 0 Å². The van der Waals surface area contributed by atoms with Crippen LogP contribution in [0.1, 0.15) is 41.5 Å². The first-order valence-corrected chi connectivity index (χ1v) is 7.63. The van der Waals surface area contributed by atoms with Crippen LogP contribution in [0.4, 0.5) is 0 Å². The van der Waals surface area contributed by atoms with Crippen LogP contribution >= 0.6 is 0 Å². The third-order valence-electron chi connectivity index (χ3n) is 5.15. The van der Waals surface area contributed by atoms with Crippen LogP contribution < -0.4 is 10.6 Å². The van der Waals surface area contributed by atoms with Crippen LogP contribution in [0.25, 0.3) is 0 Å². The molecule has 0 aromatic rings. The maximum absolute atomic E-state index is 3.78. The fourth-order valence-corrected chi connectivity index (χ4v) is 4.01. The molecule has 0 aliphatic carbocycles. The maximum Gasteiger partial charge on any atom is 0.0909 e. The van der Waals surface area contributed by atoms with Gasteiger partial charge in [-0.05, 0) is 24.7 Å². The first-order chi connectivity index (χ1) is 8.62. The highest BCUT2D eigenvalue weighted by atomic mass is 15.6. The zero-order valence-electron chi connectivity index (χ0n) is 13.4. The summed E-state index contributed by atoms with van der Waals surface area (Å²) in [6.07, 6.45) is 0.915. The average Bonchev–Trinajstić information content (AvgIpc) is 2.46. The molecule has 0 aromatic heterocycles. The molecule has 110 valence electrons. The van der Waals surface area contributed by atoms with Gasteiger partial charge in [-0.1, -0.05) is 27.7 Å². The normalized spacial score (nSPS) is 40.7. The summed E-state index contributed by atoms with van der Waals surface area (Å²) in [5, 5.41) is 7.55. The Morgan fingerprint density at radius 2 is 1.11 bits per heavy atom. The largest absolute Gasteiger partial charge is 0.299 e. The molecule has 0 unspecified atom stereocenters. The van der Waals surface area contributed by atoms with Crippen molar-refractivity contribution >= 4 is 0 Å². The minimum atomic E-state index is 0.130. The second-order valence-corrected chi connectivity index (χ2v) is 8.73. The van der Waals surface area contributed by atoms with Gasteiger partial charge in [0.15, 0.2) is 0 Å². The van der Waals surface area contributed by atoms with E-state index in [0.717, 1.165) is 13.1 Å². The highest BCUT2D eigenvalue weighted by Crippen LogP contribution is 2.41. The van der Waals surface area contributed by atoms with Crippen molar-refractivity contribution < 1.29 is 0 Å². The van der Waals surface area contributed by atoms with E-state index in [2.05, 4.69) is 62.0 Å². The molecule has 0 aromatic carbocycles. The molecule has 0 amide bonds. The molecule has 0 bridgehead atoms. The van der Waals surface area contributed by atoms with Gasteiger partial charge in [0.25, 0.3) is 0 Å². The van der Waals surface area contributed by atoms with E-state index in [-0.39, 0.29) is 5.66 Å². The zero-order chi connectivity index (χ0) is 14.1. The standard InChI is InChI=1S/C15H30N4/c1-13(2)7-16-11-12-17-8-14(3,4)10-19(12)15(5,6)18(11)9-13/h11-12,16-17H,7-10H2,1-6H3/t11-,12+. The molecule has 2 atom stereocenters. The van der Waals surface area contributed by atoms with Crippen molar-refractivity contribution in [2.24, 2.45) is 10.8 Å². The molecule has 3 fully saturated rings. The molecular weight excluding hydrogens is 236 g/mol. The predicted molar refractivity (Wildman–Crippen MR) is 78.6 cm³/mol. The Morgan fingerprint density at radius 1 is 0.737 bits per heavy atom. The van der Waals surface area contributed by atoms with Crippen LogP contribution in [0.5, 0.6) is 0 Å². The van der Waals surface area contributed by atoms with Crippen LogP contribution in [-0.2, 0) is 0 Å². The van der Waals surface area contributed by atoms with Gasteiger partial charge >= 0.3 is 0 Å². The highest BCUT2D eigenvalue weighted by molar-refractivity contribution is 5.08. The number of rotatable bonds is 0. The maximum atomic E-state index is 3.78. The number of hydrogen-bond donors (Lipinski definition) is 2. The lowest BCUT2D eigenvalue weighted by molar-refractivity contribution is -0.0356. The topological polar surface area (TPSA) is 30.5 Å². The Morgan fingerprint density at radius 3 is 1.47 bits per heavy atom. The van der Waals surface area contributed by atoms with Gasteiger partial charge in [0.05, 0.1) is 18.0 Å². The molecule has 3 saturated heterocycles. The van der Waals surface area contributed by atoms with Gasteiger partial charge in [0.2, 0.25) is 0 Å². The van der Waals surface area contributed by atoms with E-state index >= 15 is 0 Å². The van der Waals surface area contributed by atoms with Crippen LogP contribution in [0.3, 0.4) is 0 Å². The number of hydrogen-bond acceptors (Lipinski definition) is 4. The van der Waals surface area contributed by atoms with Gasteiger partial charge in [0, 0.05) is 26.2 Å². The molecule has 4 nitrogen and oxygen atoms in total. The molecule has 2 N–H and O–H groups in total. The molecule has 19 heavy (non-hydrogen) atoms. The van der Waals surface area contributed by atoms with Gasteiger partial charge in [-0.3, -0.25) is 20.4 Å². The molecule has 0 saturated carbocycles. The molecule has 3 heterocycles. The molecule has 0 radical (unpaired) electrons. The molecule has 3 aliphatic rings. The Hall–Kier alpha value is -0.160. The lowest BCUT2D eigenvalue weighted by Crippen LogP contribution is -2.64. The second-order valence-electron chi connectivity index (χ2n) is 8.73. The van der Waals surface area contributed by atoms with Gasteiger partial charge in [-0.25, -0.2) is 0 Å². The Labute approximate surface area is 117 Å². The van der Waals surface area contributed by atoms with E-state index in [0.29, 0.717) is 23.2 Å². The summed E-state index contributed by atoms with van der Waals surface area (Å²) in [6.45, 7) is 18.8. The van der Waals surface area contributed by atoms with Gasteiger partial charge in [-0.15, -0.1) is 0 Å². The summed E-state index contributed by atoms with van der Waals surface area (Å²) in [4.78, 5) is 5.32. The predicted octanol–water partition coefficient (Wildman–Crippen LogP) is 1.25. The number of nitrogens with one attached hydrogen (secondary N) is 2. The van der Waals surface area contributed by atoms with E-state index in [1.54, 1.807) is 0 Å². The molecular formula is C15H30N4. The van der Waals surface area contributed by atoms with E-state index in [4.69, 9.17) is 0 Å². The van der Waals surface area contributed by atoms with E-state index in [1.807, 2.05) is 0 Å². The summed E-state index contributed by atoms with van der Waals surface area (Å²) in [6, 6.07) is 0. The first-order valence-electron chi connectivity index (χ1n) is 7.63. The Bertz CT molecular complexity index is 340. The minimum absolute atomic E-state index is 0.130. The van der Waals surface area contributed by atoms with Crippen molar-refractivity contribution in [3.05, 3.63) is 0 Å². The number of nitrogens with zero attached hydrogens (tertiary/aromatic N) is 2. The summed E-state index contributed by atoms with van der Waals surface area (Å²) in [5.41, 5.74) is 0.848. The fourth-order valence-electron chi connectivity index (χ4n) is 4.01. The second kappa shape index (κ2) is 3.94. The van der Waals surface area contributed by atoms with Crippen LogP contribution in [0.2, 0.25) is 0 Å². The van der Waals surface area contributed by atoms with Crippen LogP contribution in [-0.4, -0.2) is 54.0 Å². The molecule has 3 rings (SSSR count). The SMILES string of the molecule is CC1(C)CN[C@@H]2[C@@H]3NCC(C)(C)CN3C(C)(C)N2C1. The molecule has 4 heteroatoms. The van der Waals surface area contributed by atoms with Crippen molar-refractivity contribution in [1.29, 1.82) is 0 Å². The summed E-state index contributed by atoms with van der Waals surface area (Å²) < 4.78 is 0. The van der Waals surface area contributed by atoms with E-state index < -0.39 is 0 Å². The lowest BCUT2D eigenvalue weighted by Gasteiger charge is -2.47.